The lowest BCUT2D eigenvalue weighted by Gasteiger charge is -2.20. The molecule has 0 unspecified atom stereocenters. The standard InChI is InChI=1S/C12H27O2P/c1-11(2,3)13-7-9-15-10-8-14-12(4,5)6/h15H,7-10H2,1-6H3. The van der Waals surface area contributed by atoms with E-state index >= 15 is 0 Å². The van der Waals surface area contributed by atoms with Crippen molar-refractivity contribution >= 4 is 8.58 Å². The van der Waals surface area contributed by atoms with Crippen LogP contribution in [0.4, 0.5) is 0 Å². The van der Waals surface area contributed by atoms with Gasteiger partial charge in [-0.15, -0.1) is 8.58 Å². The summed E-state index contributed by atoms with van der Waals surface area (Å²) in [5, 5.41) is 0. The van der Waals surface area contributed by atoms with Gasteiger partial charge in [0.2, 0.25) is 0 Å². The summed E-state index contributed by atoms with van der Waals surface area (Å²) in [4.78, 5) is 0. The first kappa shape index (κ1) is 15.3. The third-order valence-corrected chi connectivity index (χ3v) is 2.74. The smallest absolute Gasteiger partial charge is 0.0598 e. The summed E-state index contributed by atoms with van der Waals surface area (Å²) in [6.07, 6.45) is 2.32. The van der Waals surface area contributed by atoms with Gasteiger partial charge in [0.15, 0.2) is 0 Å². The van der Waals surface area contributed by atoms with E-state index in [0.29, 0.717) is 0 Å². The molecule has 0 aliphatic rings. The average Bonchev–Trinajstić information content (AvgIpc) is 1.98. The zero-order valence-corrected chi connectivity index (χ0v) is 12.1. The maximum Gasteiger partial charge on any atom is 0.0598 e. The molecule has 0 rings (SSSR count). The number of hydrogen-bond donors (Lipinski definition) is 0. The van der Waals surface area contributed by atoms with Crippen molar-refractivity contribution in [1.82, 2.24) is 0 Å². The first-order valence-electron chi connectivity index (χ1n) is 5.69. The van der Waals surface area contributed by atoms with E-state index in [1.165, 1.54) is 0 Å². The Bertz CT molecular complexity index is 138. The molecule has 3 heteroatoms. The second kappa shape index (κ2) is 6.83. The van der Waals surface area contributed by atoms with Crippen LogP contribution in [0.3, 0.4) is 0 Å². The van der Waals surface area contributed by atoms with Gasteiger partial charge in [0.05, 0.1) is 24.4 Å². The van der Waals surface area contributed by atoms with Gasteiger partial charge in [-0.05, 0) is 53.9 Å². The molecule has 2 nitrogen and oxygen atoms in total. The van der Waals surface area contributed by atoms with Crippen molar-refractivity contribution in [3.8, 4) is 0 Å². The second-order valence-corrected chi connectivity index (χ2v) is 7.17. The molecule has 0 saturated carbocycles. The highest BCUT2D eigenvalue weighted by atomic mass is 31.1. The van der Waals surface area contributed by atoms with E-state index < -0.39 is 0 Å². The van der Waals surface area contributed by atoms with Gasteiger partial charge in [-0.2, -0.15) is 0 Å². The molecule has 0 spiro atoms. The van der Waals surface area contributed by atoms with Crippen LogP contribution >= 0.6 is 8.58 Å². The normalized spacial score (nSPS) is 13.2. The fourth-order valence-corrected chi connectivity index (χ4v) is 1.73. The van der Waals surface area contributed by atoms with Crippen LogP contribution in [0.1, 0.15) is 41.5 Å². The van der Waals surface area contributed by atoms with E-state index in [1.54, 1.807) is 0 Å². The molecule has 0 saturated heterocycles. The summed E-state index contributed by atoms with van der Waals surface area (Å²) in [6, 6.07) is 0. The molecule has 15 heavy (non-hydrogen) atoms. The molecular weight excluding hydrogens is 207 g/mol. The largest absolute Gasteiger partial charge is 0.376 e. The summed E-state index contributed by atoms with van der Waals surface area (Å²) < 4.78 is 11.3. The van der Waals surface area contributed by atoms with Crippen LogP contribution in [-0.4, -0.2) is 36.7 Å². The zero-order chi connectivity index (χ0) is 11.9. The molecule has 0 aliphatic heterocycles. The molecule has 0 radical (unpaired) electrons. The molecule has 92 valence electrons. The van der Waals surface area contributed by atoms with Crippen molar-refractivity contribution in [2.75, 3.05) is 25.5 Å². The topological polar surface area (TPSA) is 18.5 Å². The Hall–Kier alpha value is 0.350. The van der Waals surface area contributed by atoms with Crippen molar-refractivity contribution in [3.05, 3.63) is 0 Å². The zero-order valence-electron chi connectivity index (χ0n) is 11.1. The molecule has 0 aromatic heterocycles. The monoisotopic (exact) mass is 234 g/mol. The quantitative estimate of drug-likeness (QED) is 0.518. The maximum atomic E-state index is 5.64. The highest BCUT2D eigenvalue weighted by Gasteiger charge is 2.10. The Morgan fingerprint density at radius 2 is 1.07 bits per heavy atom. The van der Waals surface area contributed by atoms with Gasteiger partial charge in [0, 0.05) is 0 Å². The molecule has 0 bridgehead atoms. The SMILES string of the molecule is CC(C)(C)OCCPCCOC(C)(C)C. The molecule has 0 fully saturated rings. The summed E-state index contributed by atoms with van der Waals surface area (Å²) >= 11 is 0. The second-order valence-electron chi connectivity index (χ2n) is 5.67. The van der Waals surface area contributed by atoms with E-state index in [2.05, 4.69) is 41.5 Å². The fraction of sp³-hybridized carbons (Fsp3) is 1.00. The van der Waals surface area contributed by atoms with E-state index in [1.807, 2.05) is 0 Å². The van der Waals surface area contributed by atoms with Gasteiger partial charge in [-0.3, -0.25) is 0 Å². The van der Waals surface area contributed by atoms with E-state index in [0.717, 1.165) is 34.1 Å². The predicted octanol–water partition coefficient (Wildman–Crippen LogP) is 3.30. The van der Waals surface area contributed by atoms with Crippen LogP contribution < -0.4 is 0 Å². The Balaban J connectivity index is 3.20. The average molecular weight is 234 g/mol. The lowest BCUT2D eigenvalue weighted by molar-refractivity contribution is 0.00507. The van der Waals surface area contributed by atoms with Crippen molar-refractivity contribution in [3.63, 3.8) is 0 Å². The lowest BCUT2D eigenvalue weighted by atomic mass is 10.2. The van der Waals surface area contributed by atoms with E-state index in [4.69, 9.17) is 9.47 Å². The van der Waals surface area contributed by atoms with Crippen LogP contribution in [0.15, 0.2) is 0 Å². The Labute approximate surface area is 96.9 Å². The number of ether oxygens (including phenoxy) is 2. The van der Waals surface area contributed by atoms with Gasteiger partial charge < -0.3 is 9.47 Å². The highest BCUT2D eigenvalue weighted by Crippen LogP contribution is 2.14. The Morgan fingerprint density at radius 3 is 1.33 bits per heavy atom. The number of rotatable bonds is 6. The minimum atomic E-state index is 0.00634. The van der Waals surface area contributed by atoms with Crippen molar-refractivity contribution in [2.45, 2.75) is 52.7 Å². The van der Waals surface area contributed by atoms with E-state index in [9.17, 15) is 0 Å². The maximum absolute atomic E-state index is 5.64. The van der Waals surface area contributed by atoms with E-state index in [-0.39, 0.29) is 11.2 Å². The molecule has 0 aromatic rings. The molecule has 0 atom stereocenters. The molecule has 0 heterocycles. The first-order chi connectivity index (χ1) is 6.71. The van der Waals surface area contributed by atoms with Gasteiger partial charge in [0.25, 0.3) is 0 Å². The summed E-state index contributed by atoms with van der Waals surface area (Å²) in [7, 11) is 0.954. The summed E-state index contributed by atoms with van der Waals surface area (Å²) in [5.74, 6) is 0. The van der Waals surface area contributed by atoms with Gasteiger partial charge >= 0.3 is 0 Å². The summed E-state index contributed by atoms with van der Waals surface area (Å²) in [5.41, 5.74) is 0.0127. The predicted molar refractivity (Wildman–Crippen MR) is 69.5 cm³/mol. The molecular formula is C12H27O2P. The fourth-order valence-electron chi connectivity index (χ4n) is 0.984. The molecule has 0 aromatic carbocycles. The van der Waals surface area contributed by atoms with Crippen LogP contribution in [-0.2, 0) is 9.47 Å². The third-order valence-electron chi connectivity index (χ3n) is 1.63. The minimum Gasteiger partial charge on any atom is -0.376 e. The molecule has 0 aliphatic carbocycles. The van der Waals surface area contributed by atoms with Crippen molar-refractivity contribution in [1.29, 1.82) is 0 Å². The number of hydrogen-bond acceptors (Lipinski definition) is 2. The highest BCUT2D eigenvalue weighted by molar-refractivity contribution is 7.38. The van der Waals surface area contributed by atoms with Gasteiger partial charge in [-0.1, -0.05) is 0 Å². The third kappa shape index (κ3) is 14.4. The van der Waals surface area contributed by atoms with Crippen LogP contribution in [0.5, 0.6) is 0 Å². The molecule has 0 amide bonds. The van der Waals surface area contributed by atoms with Crippen LogP contribution in [0, 0.1) is 0 Å². The van der Waals surface area contributed by atoms with Crippen molar-refractivity contribution in [2.24, 2.45) is 0 Å². The van der Waals surface area contributed by atoms with Crippen LogP contribution in [0.25, 0.3) is 0 Å². The van der Waals surface area contributed by atoms with Gasteiger partial charge in [-0.25, -0.2) is 0 Å². The Morgan fingerprint density at radius 1 is 0.733 bits per heavy atom. The first-order valence-corrected chi connectivity index (χ1v) is 7.11. The van der Waals surface area contributed by atoms with Crippen molar-refractivity contribution < 1.29 is 9.47 Å². The summed E-state index contributed by atoms with van der Waals surface area (Å²) in [6.45, 7) is 14.3. The van der Waals surface area contributed by atoms with Crippen LogP contribution in [0.2, 0.25) is 0 Å². The molecule has 0 N–H and O–H groups in total. The minimum absolute atomic E-state index is 0.00634. The Kier molecular flexibility index (Phi) is 6.99. The van der Waals surface area contributed by atoms with Gasteiger partial charge in [0.1, 0.15) is 0 Å². The lowest BCUT2D eigenvalue weighted by Crippen LogP contribution is -2.21.